The standard InChI is InChI=1S/C14H17N3OS/c1-10(2)3-8-16-13(18)12-9-19-14(17-12)11-4-6-15-7-5-11/h4-7,9-10H,3,8H2,1-2H3,(H,16,18). The fraction of sp³-hybridized carbons (Fsp3) is 0.357. The number of carbonyl (C=O) groups is 1. The van der Waals surface area contributed by atoms with Gasteiger partial charge in [-0.15, -0.1) is 11.3 Å². The molecule has 0 saturated carbocycles. The van der Waals surface area contributed by atoms with Crippen molar-refractivity contribution in [2.45, 2.75) is 20.3 Å². The van der Waals surface area contributed by atoms with Crippen molar-refractivity contribution in [1.82, 2.24) is 15.3 Å². The van der Waals surface area contributed by atoms with E-state index < -0.39 is 0 Å². The second-order valence-electron chi connectivity index (χ2n) is 4.71. The zero-order valence-corrected chi connectivity index (χ0v) is 11.9. The van der Waals surface area contributed by atoms with Crippen molar-refractivity contribution in [2.24, 2.45) is 5.92 Å². The molecule has 0 aliphatic heterocycles. The molecule has 0 aromatic carbocycles. The van der Waals surface area contributed by atoms with Crippen LogP contribution in [0.25, 0.3) is 10.6 Å². The van der Waals surface area contributed by atoms with Crippen LogP contribution in [0.4, 0.5) is 0 Å². The Morgan fingerprint density at radius 1 is 1.37 bits per heavy atom. The minimum absolute atomic E-state index is 0.0998. The summed E-state index contributed by atoms with van der Waals surface area (Å²) in [6.07, 6.45) is 4.42. The Labute approximate surface area is 116 Å². The summed E-state index contributed by atoms with van der Waals surface area (Å²) in [5, 5.41) is 5.52. The van der Waals surface area contributed by atoms with E-state index in [0.29, 0.717) is 18.2 Å². The van der Waals surface area contributed by atoms with Crippen molar-refractivity contribution >= 4 is 17.2 Å². The minimum atomic E-state index is -0.0998. The molecule has 0 unspecified atom stereocenters. The highest BCUT2D eigenvalue weighted by Gasteiger charge is 2.11. The lowest BCUT2D eigenvalue weighted by Gasteiger charge is -2.05. The number of hydrogen-bond acceptors (Lipinski definition) is 4. The van der Waals surface area contributed by atoms with Gasteiger partial charge < -0.3 is 5.32 Å². The van der Waals surface area contributed by atoms with Crippen LogP contribution < -0.4 is 5.32 Å². The van der Waals surface area contributed by atoms with Crippen molar-refractivity contribution < 1.29 is 4.79 Å². The molecule has 0 saturated heterocycles. The van der Waals surface area contributed by atoms with E-state index in [4.69, 9.17) is 0 Å². The van der Waals surface area contributed by atoms with Crippen LogP contribution in [0.2, 0.25) is 0 Å². The monoisotopic (exact) mass is 275 g/mol. The summed E-state index contributed by atoms with van der Waals surface area (Å²) in [4.78, 5) is 20.2. The lowest BCUT2D eigenvalue weighted by molar-refractivity contribution is 0.0948. The number of amides is 1. The van der Waals surface area contributed by atoms with Crippen molar-refractivity contribution in [3.8, 4) is 10.6 Å². The van der Waals surface area contributed by atoms with Gasteiger partial charge in [-0.25, -0.2) is 4.98 Å². The van der Waals surface area contributed by atoms with Crippen LogP contribution in [0, 0.1) is 5.92 Å². The maximum Gasteiger partial charge on any atom is 0.270 e. The van der Waals surface area contributed by atoms with Crippen molar-refractivity contribution in [1.29, 1.82) is 0 Å². The van der Waals surface area contributed by atoms with Crippen LogP contribution >= 0.6 is 11.3 Å². The Morgan fingerprint density at radius 2 is 2.11 bits per heavy atom. The lowest BCUT2D eigenvalue weighted by atomic mass is 10.1. The predicted molar refractivity (Wildman–Crippen MR) is 77.1 cm³/mol. The Morgan fingerprint density at radius 3 is 2.79 bits per heavy atom. The molecule has 0 radical (unpaired) electrons. The van der Waals surface area contributed by atoms with Gasteiger partial charge in [0.05, 0.1) is 0 Å². The molecule has 2 aromatic heterocycles. The van der Waals surface area contributed by atoms with Crippen LogP contribution in [-0.2, 0) is 0 Å². The first-order chi connectivity index (χ1) is 9.16. The molecule has 2 rings (SSSR count). The number of carbonyl (C=O) groups excluding carboxylic acids is 1. The Kier molecular flexibility index (Phi) is 4.63. The maximum absolute atomic E-state index is 11.9. The normalized spacial score (nSPS) is 10.7. The molecule has 0 atom stereocenters. The first-order valence-electron chi connectivity index (χ1n) is 6.31. The highest BCUT2D eigenvalue weighted by atomic mass is 32.1. The summed E-state index contributed by atoms with van der Waals surface area (Å²) in [6, 6.07) is 3.78. The number of hydrogen-bond donors (Lipinski definition) is 1. The van der Waals surface area contributed by atoms with Crippen molar-refractivity contribution in [2.75, 3.05) is 6.54 Å². The maximum atomic E-state index is 11.9. The molecule has 19 heavy (non-hydrogen) atoms. The summed E-state index contributed by atoms with van der Waals surface area (Å²) in [6.45, 7) is 4.96. The fourth-order valence-electron chi connectivity index (χ4n) is 1.57. The zero-order chi connectivity index (χ0) is 13.7. The lowest BCUT2D eigenvalue weighted by Crippen LogP contribution is -2.25. The molecule has 5 heteroatoms. The van der Waals surface area contributed by atoms with E-state index in [2.05, 4.69) is 29.1 Å². The van der Waals surface area contributed by atoms with Gasteiger partial charge in [0, 0.05) is 29.9 Å². The second-order valence-corrected chi connectivity index (χ2v) is 5.57. The first-order valence-corrected chi connectivity index (χ1v) is 7.19. The molecule has 0 bridgehead atoms. The molecular formula is C14H17N3OS. The van der Waals surface area contributed by atoms with E-state index in [1.807, 2.05) is 12.1 Å². The van der Waals surface area contributed by atoms with Crippen LogP contribution in [0.15, 0.2) is 29.9 Å². The quantitative estimate of drug-likeness (QED) is 0.912. The number of rotatable bonds is 5. The average Bonchev–Trinajstić information content (AvgIpc) is 2.89. The summed E-state index contributed by atoms with van der Waals surface area (Å²) >= 11 is 1.47. The summed E-state index contributed by atoms with van der Waals surface area (Å²) in [7, 11) is 0. The Balaban J connectivity index is 1.99. The molecule has 0 fully saturated rings. The highest BCUT2D eigenvalue weighted by molar-refractivity contribution is 7.13. The van der Waals surface area contributed by atoms with Crippen molar-refractivity contribution in [3.05, 3.63) is 35.6 Å². The fourth-order valence-corrected chi connectivity index (χ4v) is 2.38. The zero-order valence-electron chi connectivity index (χ0n) is 11.1. The second kappa shape index (κ2) is 6.43. The van der Waals surface area contributed by atoms with Gasteiger partial charge in [-0.2, -0.15) is 0 Å². The van der Waals surface area contributed by atoms with Crippen LogP contribution in [-0.4, -0.2) is 22.4 Å². The van der Waals surface area contributed by atoms with E-state index in [1.165, 1.54) is 11.3 Å². The minimum Gasteiger partial charge on any atom is -0.351 e. The van der Waals surface area contributed by atoms with Gasteiger partial charge in [-0.3, -0.25) is 9.78 Å². The van der Waals surface area contributed by atoms with Gasteiger partial charge in [0.25, 0.3) is 5.91 Å². The molecule has 0 spiro atoms. The highest BCUT2D eigenvalue weighted by Crippen LogP contribution is 2.22. The number of thiazole rings is 1. The van der Waals surface area contributed by atoms with E-state index in [0.717, 1.165) is 17.0 Å². The molecule has 100 valence electrons. The molecule has 1 N–H and O–H groups in total. The Bertz CT molecular complexity index is 537. The Hall–Kier alpha value is -1.75. The van der Waals surface area contributed by atoms with Gasteiger partial charge in [0.1, 0.15) is 10.7 Å². The van der Waals surface area contributed by atoms with Crippen molar-refractivity contribution in [3.63, 3.8) is 0 Å². The number of pyridine rings is 1. The number of nitrogens with one attached hydrogen (secondary N) is 1. The van der Waals surface area contributed by atoms with E-state index in [1.54, 1.807) is 17.8 Å². The van der Waals surface area contributed by atoms with Gasteiger partial charge >= 0.3 is 0 Å². The third-order valence-corrected chi connectivity index (χ3v) is 3.56. The van der Waals surface area contributed by atoms with Crippen LogP contribution in [0.3, 0.4) is 0 Å². The SMILES string of the molecule is CC(C)CCNC(=O)c1csc(-c2ccncc2)n1. The number of nitrogens with zero attached hydrogens (tertiary/aromatic N) is 2. The first kappa shape index (κ1) is 13.7. The van der Waals surface area contributed by atoms with Crippen LogP contribution in [0.1, 0.15) is 30.8 Å². The van der Waals surface area contributed by atoms with Gasteiger partial charge in [0.2, 0.25) is 0 Å². The molecule has 0 aliphatic carbocycles. The average molecular weight is 275 g/mol. The van der Waals surface area contributed by atoms with Crippen LogP contribution in [0.5, 0.6) is 0 Å². The van der Waals surface area contributed by atoms with Gasteiger partial charge in [0.15, 0.2) is 0 Å². The predicted octanol–water partition coefficient (Wildman–Crippen LogP) is 2.98. The summed E-state index contributed by atoms with van der Waals surface area (Å²) in [5.74, 6) is 0.486. The number of aromatic nitrogens is 2. The third kappa shape index (κ3) is 3.86. The smallest absolute Gasteiger partial charge is 0.270 e. The molecule has 0 aliphatic rings. The van der Waals surface area contributed by atoms with Gasteiger partial charge in [-0.05, 0) is 24.5 Å². The molecule has 2 aromatic rings. The molecule has 4 nitrogen and oxygen atoms in total. The third-order valence-electron chi connectivity index (χ3n) is 2.67. The van der Waals surface area contributed by atoms with E-state index in [-0.39, 0.29) is 5.91 Å². The van der Waals surface area contributed by atoms with E-state index in [9.17, 15) is 4.79 Å². The summed E-state index contributed by atoms with van der Waals surface area (Å²) in [5.41, 5.74) is 1.47. The molecular weight excluding hydrogens is 258 g/mol. The largest absolute Gasteiger partial charge is 0.351 e. The molecule has 1 amide bonds. The van der Waals surface area contributed by atoms with Gasteiger partial charge in [-0.1, -0.05) is 13.8 Å². The molecule has 2 heterocycles. The topological polar surface area (TPSA) is 54.9 Å². The summed E-state index contributed by atoms with van der Waals surface area (Å²) < 4.78 is 0. The van der Waals surface area contributed by atoms with E-state index >= 15 is 0 Å².